The summed E-state index contributed by atoms with van der Waals surface area (Å²) in [5.41, 5.74) is 7.21. The molecule has 1 fully saturated rings. The molecule has 1 atom stereocenters. The number of methoxy groups -OCH3 is 1. The number of nitrogens with two attached hydrogens (primary N) is 1. The number of benzene rings is 1. The number of hydrogen-bond acceptors (Lipinski definition) is 2. The Bertz CT molecular complexity index is 361. The zero-order chi connectivity index (χ0) is 11.6. The van der Waals surface area contributed by atoms with Gasteiger partial charge in [-0.2, -0.15) is 0 Å². The van der Waals surface area contributed by atoms with Crippen LogP contribution in [0.15, 0.2) is 24.3 Å². The van der Waals surface area contributed by atoms with Crippen LogP contribution in [0.5, 0.6) is 0 Å². The summed E-state index contributed by atoms with van der Waals surface area (Å²) in [5.74, 6) is 0. The molecule has 88 valence electrons. The lowest BCUT2D eigenvalue weighted by Gasteiger charge is -2.34. The zero-order valence-corrected chi connectivity index (χ0v) is 10.3. The first-order chi connectivity index (χ1) is 7.68. The van der Waals surface area contributed by atoms with Gasteiger partial charge in [0.2, 0.25) is 0 Å². The standard InChI is InChI=1S/C13H18ClNO/c1-16-13(7-2-3-8-13)12(15)10-5-4-6-11(14)9-10/h4-6,9,12H,2-3,7-8,15H2,1H3. The molecule has 1 aromatic carbocycles. The predicted octanol–water partition coefficient (Wildman–Crippen LogP) is 3.30. The lowest BCUT2D eigenvalue weighted by Crippen LogP contribution is -2.40. The van der Waals surface area contributed by atoms with E-state index in [9.17, 15) is 0 Å². The minimum atomic E-state index is -0.190. The van der Waals surface area contributed by atoms with Crippen molar-refractivity contribution >= 4 is 11.6 Å². The van der Waals surface area contributed by atoms with E-state index in [-0.39, 0.29) is 11.6 Å². The molecule has 0 heterocycles. The third-order valence-corrected chi connectivity index (χ3v) is 3.87. The zero-order valence-electron chi connectivity index (χ0n) is 9.58. The molecule has 1 aliphatic rings. The second-order valence-electron chi connectivity index (χ2n) is 4.51. The van der Waals surface area contributed by atoms with Crippen molar-refractivity contribution in [3.05, 3.63) is 34.9 Å². The summed E-state index contributed by atoms with van der Waals surface area (Å²) in [6.07, 6.45) is 4.47. The van der Waals surface area contributed by atoms with Crippen LogP contribution in [0, 0.1) is 0 Å². The van der Waals surface area contributed by atoms with E-state index in [1.807, 2.05) is 24.3 Å². The summed E-state index contributed by atoms with van der Waals surface area (Å²) in [7, 11) is 1.76. The molecule has 0 saturated heterocycles. The van der Waals surface area contributed by atoms with Crippen molar-refractivity contribution in [1.82, 2.24) is 0 Å². The number of hydrogen-bond donors (Lipinski definition) is 1. The highest BCUT2D eigenvalue weighted by atomic mass is 35.5. The van der Waals surface area contributed by atoms with Gasteiger partial charge in [-0.25, -0.2) is 0 Å². The molecule has 0 amide bonds. The molecule has 1 aliphatic carbocycles. The van der Waals surface area contributed by atoms with Gasteiger partial charge in [0.25, 0.3) is 0 Å². The van der Waals surface area contributed by atoms with Gasteiger partial charge < -0.3 is 10.5 Å². The molecule has 16 heavy (non-hydrogen) atoms. The van der Waals surface area contributed by atoms with E-state index < -0.39 is 0 Å². The minimum absolute atomic E-state index is 0.0845. The van der Waals surface area contributed by atoms with E-state index in [0.29, 0.717) is 0 Å². The van der Waals surface area contributed by atoms with Crippen molar-refractivity contribution in [2.45, 2.75) is 37.3 Å². The summed E-state index contributed by atoms with van der Waals surface area (Å²) in [6.45, 7) is 0. The first-order valence-electron chi connectivity index (χ1n) is 5.74. The quantitative estimate of drug-likeness (QED) is 0.879. The first-order valence-corrected chi connectivity index (χ1v) is 6.12. The Hall–Kier alpha value is -0.570. The predicted molar refractivity (Wildman–Crippen MR) is 66.6 cm³/mol. The average molecular weight is 240 g/mol. The maximum absolute atomic E-state index is 6.33. The van der Waals surface area contributed by atoms with Gasteiger partial charge in [-0.05, 0) is 30.5 Å². The fourth-order valence-electron chi connectivity index (χ4n) is 2.62. The maximum atomic E-state index is 6.33. The van der Waals surface area contributed by atoms with Gasteiger partial charge in [0.15, 0.2) is 0 Å². The molecule has 2 nitrogen and oxygen atoms in total. The van der Waals surface area contributed by atoms with Crippen LogP contribution >= 0.6 is 11.6 Å². The second kappa shape index (κ2) is 4.74. The molecule has 0 bridgehead atoms. The highest BCUT2D eigenvalue weighted by Gasteiger charge is 2.40. The molecule has 3 heteroatoms. The first kappa shape index (κ1) is 11.9. The fraction of sp³-hybridized carbons (Fsp3) is 0.538. The fourth-order valence-corrected chi connectivity index (χ4v) is 2.82. The van der Waals surface area contributed by atoms with E-state index in [1.54, 1.807) is 7.11 Å². The SMILES string of the molecule is COC1(C(N)c2cccc(Cl)c2)CCCC1. The van der Waals surface area contributed by atoms with Gasteiger partial charge in [-0.15, -0.1) is 0 Å². The van der Waals surface area contributed by atoms with Crippen molar-refractivity contribution in [2.75, 3.05) is 7.11 Å². The van der Waals surface area contributed by atoms with Crippen molar-refractivity contribution in [1.29, 1.82) is 0 Å². The van der Waals surface area contributed by atoms with Gasteiger partial charge in [0.05, 0.1) is 11.6 Å². The van der Waals surface area contributed by atoms with E-state index in [2.05, 4.69) is 0 Å². The van der Waals surface area contributed by atoms with E-state index in [4.69, 9.17) is 22.1 Å². The van der Waals surface area contributed by atoms with Gasteiger partial charge in [-0.1, -0.05) is 36.6 Å². The lowest BCUT2D eigenvalue weighted by molar-refractivity contribution is -0.0264. The Kier molecular flexibility index (Phi) is 3.53. The highest BCUT2D eigenvalue weighted by molar-refractivity contribution is 6.30. The average Bonchev–Trinajstić information content (AvgIpc) is 2.78. The summed E-state index contributed by atoms with van der Waals surface area (Å²) in [4.78, 5) is 0. The molecule has 1 unspecified atom stereocenters. The summed E-state index contributed by atoms with van der Waals surface area (Å²) in [6, 6.07) is 7.68. The summed E-state index contributed by atoms with van der Waals surface area (Å²) >= 11 is 5.99. The van der Waals surface area contributed by atoms with Crippen molar-refractivity contribution in [3.63, 3.8) is 0 Å². The van der Waals surface area contributed by atoms with Crippen molar-refractivity contribution in [2.24, 2.45) is 5.73 Å². The van der Waals surface area contributed by atoms with Crippen LogP contribution in [0.2, 0.25) is 5.02 Å². The van der Waals surface area contributed by atoms with E-state index in [1.165, 1.54) is 12.8 Å². The summed E-state index contributed by atoms with van der Waals surface area (Å²) < 4.78 is 5.69. The van der Waals surface area contributed by atoms with Crippen molar-refractivity contribution < 1.29 is 4.74 Å². The molecular formula is C13H18ClNO. The van der Waals surface area contributed by atoms with Crippen molar-refractivity contribution in [3.8, 4) is 0 Å². The van der Waals surface area contributed by atoms with Crippen LogP contribution in [0.25, 0.3) is 0 Å². The Morgan fingerprint density at radius 2 is 2.06 bits per heavy atom. The smallest absolute Gasteiger partial charge is 0.0870 e. The van der Waals surface area contributed by atoms with Gasteiger partial charge in [0, 0.05) is 12.1 Å². The molecular weight excluding hydrogens is 222 g/mol. The van der Waals surface area contributed by atoms with E-state index >= 15 is 0 Å². The minimum Gasteiger partial charge on any atom is -0.376 e. The van der Waals surface area contributed by atoms with Gasteiger partial charge >= 0.3 is 0 Å². The Morgan fingerprint density at radius 3 is 2.62 bits per heavy atom. The van der Waals surface area contributed by atoms with Gasteiger partial charge in [0.1, 0.15) is 0 Å². The Labute approximate surface area is 102 Å². The van der Waals surface area contributed by atoms with Crippen LogP contribution in [0.4, 0.5) is 0 Å². The topological polar surface area (TPSA) is 35.2 Å². The largest absolute Gasteiger partial charge is 0.376 e. The van der Waals surface area contributed by atoms with Crippen LogP contribution in [0.1, 0.15) is 37.3 Å². The molecule has 2 rings (SSSR count). The third kappa shape index (κ3) is 2.10. The highest BCUT2D eigenvalue weighted by Crippen LogP contribution is 2.41. The van der Waals surface area contributed by atoms with Crippen LogP contribution in [0.3, 0.4) is 0 Å². The Balaban J connectivity index is 2.26. The van der Waals surface area contributed by atoms with Gasteiger partial charge in [-0.3, -0.25) is 0 Å². The molecule has 0 aliphatic heterocycles. The summed E-state index contributed by atoms with van der Waals surface area (Å²) in [5, 5.41) is 0.734. The molecule has 1 aromatic rings. The molecule has 0 spiro atoms. The van der Waals surface area contributed by atoms with E-state index in [0.717, 1.165) is 23.4 Å². The molecule has 2 N–H and O–H groups in total. The molecule has 1 saturated carbocycles. The number of ether oxygens (including phenoxy) is 1. The third-order valence-electron chi connectivity index (χ3n) is 3.63. The van der Waals surface area contributed by atoms with Crippen LogP contribution < -0.4 is 5.73 Å². The molecule has 0 radical (unpaired) electrons. The van der Waals surface area contributed by atoms with Crippen LogP contribution in [-0.4, -0.2) is 12.7 Å². The second-order valence-corrected chi connectivity index (χ2v) is 4.95. The maximum Gasteiger partial charge on any atom is 0.0870 e. The van der Waals surface area contributed by atoms with Crippen LogP contribution in [-0.2, 0) is 4.74 Å². The number of halogens is 1. The Morgan fingerprint density at radius 1 is 1.38 bits per heavy atom. The normalized spacial score (nSPS) is 20.9. The number of rotatable bonds is 3. The monoisotopic (exact) mass is 239 g/mol. The molecule has 0 aromatic heterocycles. The lowest BCUT2D eigenvalue weighted by atomic mass is 9.87.